The van der Waals surface area contributed by atoms with Gasteiger partial charge in [0.1, 0.15) is 5.78 Å². The second-order valence-electron chi connectivity index (χ2n) is 2.13. The summed E-state index contributed by atoms with van der Waals surface area (Å²) in [5, 5.41) is 0. The summed E-state index contributed by atoms with van der Waals surface area (Å²) in [5.41, 5.74) is 0. The molecule has 0 bridgehead atoms. The normalized spacial score (nSPS) is 23.7. The first-order chi connectivity index (χ1) is 4.20. The number of Topliss-reactive ketones (excluding diaryl/α,β-unsaturated/α-hetero) is 1. The molecule has 1 atom stereocenters. The minimum Gasteiger partial charge on any atom is -0.300 e. The molecule has 0 spiro atoms. The smallest absolute Gasteiger partial charge is 0.254 e. The van der Waals surface area contributed by atoms with E-state index in [0.29, 0.717) is 6.42 Å². The molecule has 1 aliphatic heterocycles. The van der Waals surface area contributed by atoms with Crippen molar-refractivity contribution >= 4 is 17.9 Å². The van der Waals surface area contributed by atoms with Crippen LogP contribution in [0.1, 0.15) is 13.3 Å². The maximum Gasteiger partial charge on any atom is 0.254 e. The topological polar surface area (TPSA) is 46.5 Å². The van der Waals surface area contributed by atoms with Crippen molar-refractivity contribution in [2.24, 2.45) is 10.9 Å². The predicted octanol–water partition coefficient (Wildman–Crippen LogP) is 0.193. The highest BCUT2D eigenvalue weighted by Crippen LogP contribution is 2.10. The summed E-state index contributed by atoms with van der Waals surface area (Å²) >= 11 is 0. The fourth-order valence-corrected chi connectivity index (χ4v) is 0.691. The van der Waals surface area contributed by atoms with Gasteiger partial charge in [0.15, 0.2) is 0 Å². The number of amides is 1. The lowest BCUT2D eigenvalue weighted by Gasteiger charge is -2.11. The lowest BCUT2D eigenvalue weighted by atomic mass is 10.0. The zero-order valence-corrected chi connectivity index (χ0v) is 5.13. The van der Waals surface area contributed by atoms with E-state index in [0.717, 1.165) is 0 Å². The Balaban J connectivity index is 2.40. The fourth-order valence-electron chi connectivity index (χ4n) is 0.691. The van der Waals surface area contributed by atoms with Gasteiger partial charge >= 0.3 is 0 Å². The second-order valence-corrected chi connectivity index (χ2v) is 2.13. The van der Waals surface area contributed by atoms with Crippen molar-refractivity contribution in [2.75, 3.05) is 0 Å². The molecule has 0 aromatic carbocycles. The summed E-state index contributed by atoms with van der Waals surface area (Å²) < 4.78 is 0. The minimum atomic E-state index is -0.206. The number of ketones is 1. The van der Waals surface area contributed by atoms with Crippen LogP contribution in [0.15, 0.2) is 4.99 Å². The molecule has 0 fully saturated rings. The van der Waals surface area contributed by atoms with E-state index in [2.05, 4.69) is 4.99 Å². The summed E-state index contributed by atoms with van der Waals surface area (Å²) in [7, 11) is 0. The third-order valence-electron chi connectivity index (χ3n) is 1.21. The first kappa shape index (κ1) is 6.13. The average Bonchev–Trinajstić information content (AvgIpc) is 1.79. The summed E-state index contributed by atoms with van der Waals surface area (Å²) in [6, 6.07) is 0. The molecule has 1 unspecified atom stereocenters. The van der Waals surface area contributed by atoms with Crippen molar-refractivity contribution in [2.45, 2.75) is 13.3 Å². The highest BCUT2D eigenvalue weighted by atomic mass is 16.2. The van der Waals surface area contributed by atoms with Gasteiger partial charge in [-0.3, -0.25) is 9.59 Å². The van der Waals surface area contributed by atoms with E-state index in [-0.39, 0.29) is 17.6 Å². The highest BCUT2D eigenvalue weighted by molar-refractivity contribution is 6.09. The van der Waals surface area contributed by atoms with Crippen LogP contribution in [0, 0.1) is 5.92 Å². The predicted molar refractivity (Wildman–Crippen MR) is 32.3 cm³/mol. The zero-order chi connectivity index (χ0) is 6.85. The summed E-state index contributed by atoms with van der Waals surface area (Å²) in [5.74, 6) is -0.327. The van der Waals surface area contributed by atoms with E-state index in [4.69, 9.17) is 0 Å². The van der Waals surface area contributed by atoms with Gasteiger partial charge in [0, 0.05) is 12.6 Å². The van der Waals surface area contributed by atoms with Gasteiger partial charge in [0.05, 0.1) is 5.92 Å². The molecule has 1 amide bonds. The average molecular weight is 125 g/mol. The van der Waals surface area contributed by atoms with Crippen LogP contribution < -0.4 is 0 Å². The number of hydrogen-bond acceptors (Lipinski definition) is 2. The number of hydrogen-bond donors (Lipinski definition) is 0. The first-order valence-corrected chi connectivity index (χ1v) is 2.77. The standard InChI is InChI=1S/C6H7NO2/c1-4(8)2-5-3-7-6(5)9/h3,5H,2H2,1H3. The Morgan fingerprint density at radius 2 is 2.56 bits per heavy atom. The molecule has 0 saturated carbocycles. The molecule has 1 heterocycles. The quantitative estimate of drug-likeness (QED) is 0.529. The van der Waals surface area contributed by atoms with Crippen LogP contribution >= 0.6 is 0 Å². The van der Waals surface area contributed by atoms with Crippen LogP contribution in [0.5, 0.6) is 0 Å². The van der Waals surface area contributed by atoms with Crippen molar-refractivity contribution in [1.29, 1.82) is 0 Å². The Morgan fingerprint density at radius 1 is 1.89 bits per heavy atom. The molecule has 1 aliphatic rings. The van der Waals surface area contributed by atoms with Crippen LogP contribution in [0.4, 0.5) is 0 Å². The molecule has 0 saturated heterocycles. The van der Waals surface area contributed by atoms with Crippen LogP contribution in [-0.2, 0) is 9.59 Å². The Hall–Kier alpha value is -0.990. The molecule has 3 nitrogen and oxygen atoms in total. The molecule has 9 heavy (non-hydrogen) atoms. The van der Waals surface area contributed by atoms with Crippen molar-refractivity contribution in [3.05, 3.63) is 0 Å². The Bertz CT molecular complexity index is 183. The van der Waals surface area contributed by atoms with Crippen LogP contribution in [0.3, 0.4) is 0 Å². The van der Waals surface area contributed by atoms with Crippen molar-refractivity contribution < 1.29 is 9.59 Å². The molecule has 3 heteroatoms. The molecule has 48 valence electrons. The number of nitrogens with zero attached hydrogens (tertiary/aromatic N) is 1. The molecule has 0 aliphatic carbocycles. The Labute approximate surface area is 52.8 Å². The summed E-state index contributed by atoms with van der Waals surface area (Å²) in [6.07, 6.45) is 1.84. The van der Waals surface area contributed by atoms with Crippen LogP contribution in [0.25, 0.3) is 0 Å². The zero-order valence-electron chi connectivity index (χ0n) is 5.13. The van der Waals surface area contributed by atoms with Gasteiger partial charge in [-0.15, -0.1) is 0 Å². The molecule has 0 radical (unpaired) electrons. The first-order valence-electron chi connectivity index (χ1n) is 2.77. The Morgan fingerprint density at radius 3 is 2.67 bits per heavy atom. The van der Waals surface area contributed by atoms with E-state index in [1.165, 1.54) is 13.1 Å². The van der Waals surface area contributed by atoms with Crippen molar-refractivity contribution in [3.63, 3.8) is 0 Å². The number of carbonyl (C=O) groups excluding carboxylic acids is 2. The van der Waals surface area contributed by atoms with Gasteiger partial charge in [-0.25, -0.2) is 4.99 Å². The van der Waals surface area contributed by atoms with E-state index >= 15 is 0 Å². The fraction of sp³-hybridized carbons (Fsp3) is 0.500. The van der Waals surface area contributed by atoms with Gasteiger partial charge in [-0.1, -0.05) is 0 Å². The SMILES string of the molecule is CC(=O)CC1C=NC1=O. The molecule has 0 aromatic rings. The number of aliphatic imine (C=N–C) groups is 1. The molecule has 1 rings (SSSR count). The number of carbonyl (C=O) groups is 2. The Kier molecular flexibility index (Phi) is 1.42. The monoisotopic (exact) mass is 125 g/mol. The van der Waals surface area contributed by atoms with Crippen molar-refractivity contribution in [3.8, 4) is 0 Å². The van der Waals surface area contributed by atoms with Crippen LogP contribution in [-0.4, -0.2) is 17.9 Å². The summed E-state index contributed by atoms with van der Waals surface area (Å²) in [6.45, 7) is 1.47. The third-order valence-corrected chi connectivity index (χ3v) is 1.21. The van der Waals surface area contributed by atoms with Gasteiger partial charge < -0.3 is 0 Å². The molecular weight excluding hydrogens is 118 g/mol. The van der Waals surface area contributed by atoms with Gasteiger partial charge in [-0.05, 0) is 6.92 Å². The molecule has 0 aromatic heterocycles. The van der Waals surface area contributed by atoms with Crippen LogP contribution in [0.2, 0.25) is 0 Å². The molecular formula is C6H7NO2. The lowest BCUT2D eigenvalue weighted by molar-refractivity contribution is -0.125. The van der Waals surface area contributed by atoms with E-state index in [1.807, 2.05) is 0 Å². The molecule has 0 N–H and O–H groups in total. The minimum absolute atomic E-state index is 0.0412. The van der Waals surface area contributed by atoms with E-state index < -0.39 is 0 Å². The largest absolute Gasteiger partial charge is 0.300 e. The van der Waals surface area contributed by atoms with Gasteiger partial charge in [-0.2, -0.15) is 0 Å². The van der Waals surface area contributed by atoms with Crippen molar-refractivity contribution in [1.82, 2.24) is 0 Å². The number of rotatable bonds is 2. The maximum atomic E-state index is 10.4. The lowest BCUT2D eigenvalue weighted by Crippen LogP contribution is -2.25. The maximum absolute atomic E-state index is 10.4. The van der Waals surface area contributed by atoms with E-state index in [9.17, 15) is 9.59 Å². The summed E-state index contributed by atoms with van der Waals surface area (Å²) in [4.78, 5) is 24.2. The van der Waals surface area contributed by atoms with Gasteiger partial charge in [0.2, 0.25) is 0 Å². The highest BCUT2D eigenvalue weighted by Gasteiger charge is 2.23. The second kappa shape index (κ2) is 2.09. The van der Waals surface area contributed by atoms with Gasteiger partial charge in [0.25, 0.3) is 5.91 Å². The van der Waals surface area contributed by atoms with E-state index in [1.54, 1.807) is 0 Å². The third kappa shape index (κ3) is 1.22.